The van der Waals surface area contributed by atoms with Crippen molar-refractivity contribution in [2.75, 3.05) is 0 Å². The monoisotopic (exact) mass is 250 g/mol. The van der Waals surface area contributed by atoms with E-state index in [1.54, 1.807) is 6.20 Å². The largest absolute Gasteiger partial charge is 0.157 e. The van der Waals surface area contributed by atoms with Crippen LogP contribution >= 0.6 is 0 Å². The fourth-order valence-electron chi connectivity index (χ4n) is 1.33. The lowest BCUT2D eigenvalue weighted by molar-refractivity contribution is 1.09. The van der Waals surface area contributed by atoms with Crippen LogP contribution in [0.2, 0.25) is 0 Å². The van der Waals surface area contributed by atoms with Gasteiger partial charge in [0.2, 0.25) is 0 Å². The predicted molar refractivity (Wildman–Crippen MR) is 75.7 cm³/mol. The molecule has 2 rings (SSSR count). The Morgan fingerprint density at radius 3 is 1.89 bits per heavy atom. The number of nitrogens with zero attached hydrogens (tertiary/aromatic N) is 4. The molecule has 0 spiro atoms. The number of azo groups is 2. The molecule has 0 aliphatic carbocycles. The second-order valence-corrected chi connectivity index (χ2v) is 3.86. The summed E-state index contributed by atoms with van der Waals surface area (Å²) >= 11 is 0. The lowest BCUT2D eigenvalue weighted by Crippen LogP contribution is -1.66. The Morgan fingerprint density at radius 2 is 1.32 bits per heavy atom. The van der Waals surface area contributed by atoms with Gasteiger partial charge in [-0.3, -0.25) is 0 Å². The lowest BCUT2D eigenvalue weighted by atomic mass is 10.3. The summed E-state index contributed by atoms with van der Waals surface area (Å²) in [6, 6.07) is 19.1. The Morgan fingerprint density at radius 1 is 0.789 bits per heavy atom. The summed E-state index contributed by atoms with van der Waals surface area (Å²) in [4.78, 5) is 0. The molecule has 0 bridgehead atoms. The minimum Gasteiger partial charge on any atom is -0.157 e. The van der Waals surface area contributed by atoms with Crippen LogP contribution in [0.5, 0.6) is 0 Å². The van der Waals surface area contributed by atoms with Gasteiger partial charge in [-0.1, -0.05) is 36.4 Å². The summed E-state index contributed by atoms with van der Waals surface area (Å²) in [5.41, 5.74) is 2.32. The van der Waals surface area contributed by atoms with Gasteiger partial charge in [-0.05, 0) is 31.2 Å². The summed E-state index contributed by atoms with van der Waals surface area (Å²) in [6.07, 6.45) is 1.58. The van der Waals surface area contributed by atoms with Crippen LogP contribution in [0.4, 0.5) is 11.4 Å². The van der Waals surface area contributed by atoms with Crippen LogP contribution in [0, 0.1) is 0 Å². The van der Waals surface area contributed by atoms with Crippen LogP contribution in [-0.2, 0) is 0 Å². The van der Waals surface area contributed by atoms with Crippen LogP contribution in [0.1, 0.15) is 6.92 Å². The molecule has 0 atom stereocenters. The van der Waals surface area contributed by atoms with E-state index < -0.39 is 0 Å². The van der Waals surface area contributed by atoms with E-state index in [-0.39, 0.29) is 0 Å². The third kappa shape index (κ3) is 4.63. The van der Waals surface area contributed by atoms with Gasteiger partial charge in [-0.2, -0.15) is 20.5 Å². The molecule has 0 aromatic heterocycles. The standard InChI is InChI=1S/C15H14N4/c1-13(17-19-15-10-6-3-7-11-15)12-16-18-14-8-4-2-5-9-14/h2-12H,1H3/b13-12+,18-16?,19-17?. The number of rotatable bonds is 4. The zero-order valence-electron chi connectivity index (χ0n) is 10.6. The minimum absolute atomic E-state index is 0.698. The van der Waals surface area contributed by atoms with Gasteiger partial charge in [0.15, 0.2) is 0 Å². The van der Waals surface area contributed by atoms with Gasteiger partial charge in [0.05, 0.1) is 23.3 Å². The molecule has 0 N–H and O–H groups in total. The summed E-state index contributed by atoms with van der Waals surface area (Å²) in [5, 5.41) is 16.2. The first-order chi connectivity index (χ1) is 9.34. The molecule has 0 aliphatic rings. The molecule has 0 fully saturated rings. The molecule has 0 saturated heterocycles. The van der Waals surface area contributed by atoms with Crippen molar-refractivity contribution in [3.05, 3.63) is 72.6 Å². The van der Waals surface area contributed by atoms with Gasteiger partial charge in [-0.25, -0.2) is 0 Å². The zero-order chi connectivity index (χ0) is 13.3. The average Bonchev–Trinajstić information content (AvgIpc) is 2.47. The van der Waals surface area contributed by atoms with Gasteiger partial charge in [-0.15, -0.1) is 0 Å². The normalized spacial score (nSPS) is 12.4. The highest BCUT2D eigenvalue weighted by Crippen LogP contribution is 2.13. The summed E-state index contributed by atoms with van der Waals surface area (Å²) in [6.45, 7) is 1.83. The van der Waals surface area contributed by atoms with E-state index in [4.69, 9.17) is 0 Å². The van der Waals surface area contributed by atoms with E-state index in [9.17, 15) is 0 Å². The van der Waals surface area contributed by atoms with Gasteiger partial charge in [0, 0.05) is 0 Å². The van der Waals surface area contributed by atoms with E-state index in [2.05, 4.69) is 20.5 Å². The maximum absolute atomic E-state index is 4.09. The summed E-state index contributed by atoms with van der Waals surface area (Å²) < 4.78 is 0. The number of allylic oxidation sites excluding steroid dienone is 1. The second kappa shape index (κ2) is 6.96. The van der Waals surface area contributed by atoms with Gasteiger partial charge >= 0.3 is 0 Å². The van der Waals surface area contributed by atoms with E-state index >= 15 is 0 Å². The van der Waals surface area contributed by atoms with Crippen molar-refractivity contribution in [2.45, 2.75) is 6.92 Å². The van der Waals surface area contributed by atoms with E-state index in [1.807, 2.05) is 67.6 Å². The number of hydrogen-bond acceptors (Lipinski definition) is 4. The molecule has 0 saturated carbocycles. The molecule has 94 valence electrons. The smallest absolute Gasteiger partial charge is 0.0856 e. The summed E-state index contributed by atoms with van der Waals surface area (Å²) in [5.74, 6) is 0. The predicted octanol–water partition coefficient (Wildman–Crippen LogP) is 5.42. The van der Waals surface area contributed by atoms with Crippen LogP contribution in [0.15, 0.2) is 93.0 Å². The molecule has 4 nitrogen and oxygen atoms in total. The first kappa shape index (κ1) is 12.8. The quantitative estimate of drug-likeness (QED) is 0.651. The maximum atomic E-state index is 4.09. The Hall–Kier alpha value is -2.62. The van der Waals surface area contributed by atoms with Crippen LogP contribution in [0.3, 0.4) is 0 Å². The molecule has 0 radical (unpaired) electrons. The number of benzene rings is 2. The van der Waals surface area contributed by atoms with Crippen molar-refractivity contribution in [1.29, 1.82) is 0 Å². The van der Waals surface area contributed by atoms with Crippen LogP contribution in [0.25, 0.3) is 0 Å². The molecule has 2 aromatic rings. The topological polar surface area (TPSA) is 49.4 Å². The molecule has 0 aliphatic heterocycles. The van der Waals surface area contributed by atoms with Crippen molar-refractivity contribution >= 4 is 11.4 Å². The molecular weight excluding hydrogens is 236 g/mol. The molecular formula is C15H14N4. The van der Waals surface area contributed by atoms with Crippen molar-refractivity contribution < 1.29 is 0 Å². The van der Waals surface area contributed by atoms with Crippen molar-refractivity contribution in [3.8, 4) is 0 Å². The fraction of sp³-hybridized carbons (Fsp3) is 0.0667. The van der Waals surface area contributed by atoms with Crippen molar-refractivity contribution in [2.24, 2.45) is 20.5 Å². The van der Waals surface area contributed by atoms with Gasteiger partial charge < -0.3 is 0 Å². The first-order valence-electron chi connectivity index (χ1n) is 5.94. The fourth-order valence-corrected chi connectivity index (χ4v) is 1.33. The zero-order valence-corrected chi connectivity index (χ0v) is 10.6. The Labute approximate surface area is 112 Å². The highest BCUT2D eigenvalue weighted by atomic mass is 15.1. The maximum Gasteiger partial charge on any atom is 0.0856 e. The van der Waals surface area contributed by atoms with E-state index in [1.165, 1.54) is 0 Å². The molecule has 4 heteroatoms. The number of hydrogen-bond donors (Lipinski definition) is 0. The molecule has 2 aromatic carbocycles. The minimum atomic E-state index is 0.698. The Bertz CT molecular complexity index is 586. The molecule has 0 unspecified atom stereocenters. The van der Waals surface area contributed by atoms with E-state index in [0.717, 1.165) is 11.4 Å². The molecule has 0 heterocycles. The third-order valence-electron chi connectivity index (χ3n) is 2.25. The first-order valence-corrected chi connectivity index (χ1v) is 5.94. The molecule has 19 heavy (non-hydrogen) atoms. The van der Waals surface area contributed by atoms with Gasteiger partial charge in [0.1, 0.15) is 0 Å². The average molecular weight is 250 g/mol. The highest BCUT2D eigenvalue weighted by Gasteiger charge is 1.87. The summed E-state index contributed by atoms with van der Waals surface area (Å²) in [7, 11) is 0. The Kier molecular flexibility index (Phi) is 4.70. The highest BCUT2D eigenvalue weighted by molar-refractivity contribution is 5.35. The SMILES string of the molecule is C/C(=C\N=Nc1ccccc1)N=Nc1ccccc1. The van der Waals surface area contributed by atoms with Crippen LogP contribution < -0.4 is 0 Å². The second-order valence-electron chi connectivity index (χ2n) is 3.86. The van der Waals surface area contributed by atoms with Gasteiger partial charge in [0.25, 0.3) is 0 Å². The van der Waals surface area contributed by atoms with Crippen LogP contribution in [-0.4, -0.2) is 0 Å². The Balaban J connectivity index is 1.97. The van der Waals surface area contributed by atoms with Crippen molar-refractivity contribution in [3.63, 3.8) is 0 Å². The van der Waals surface area contributed by atoms with Crippen molar-refractivity contribution in [1.82, 2.24) is 0 Å². The lowest BCUT2D eigenvalue weighted by Gasteiger charge is -1.90. The molecule has 0 amide bonds. The van der Waals surface area contributed by atoms with E-state index in [0.29, 0.717) is 5.70 Å². The third-order valence-corrected chi connectivity index (χ3v) is 2.25.